The van der Waals surface area contributed by atoms with E-state index in [2.05, 4.69) is 20.9 Å². The smallest absolute Gasteiger partial charge is 0.219 e. The van der Waals surface area contributed by atoms with Crippen molar-refractivity contribution in [2.45, 2.75) is 0 Å². The maximum Gasteiger partial charge on any atom is 0.219 e. The van der Waals surface area contributed by atoms with Crippen molar-refractivity contribution in [1.82, 2.24) is 19.9 Å². The number of anilines is 3. The summed E-state index contributed by atoms with van der Waals surface area (Å²) in [6.45, 7) is 2.87. The SMILES string of the molecule is COc1cc(-c2cc3nc(-c4cnc(N)nc4)nc(N4CCOCC4)c3s2)ccc1N. The molecule has 1 aromatic carbocycles. The van der Waals surface area contributed by atoms with Gasteiger partial charge in [0.25, 0.3) is 0 Å². The lowest BCUT2D eigenvalue weighted by Crippen LogP contribution is -2.36. The number of aromatic nitrogens is 4. The number of hydrogen-bond acceptors (Lipinski definition) is 10. The molecule has 0 amide bonds. The lowest BCUT2D eigenvalue weighted by atomic mass is 10.1. The maximum atomic E-state index is 5.99. The summed E-state index contributed by atoms with van der Waals surface area (Å²) in [5.74, 6) is 2.31. The molecule has 5 rings (SSSR count). The van der Waals surface area contributed by atoms with E-state index in [1.54, 1.807) is 30.8 Å². The summed E-state index contributed by atoms with van der Waals surface area (Å²) in [6, 6.07) is 7.85. The molecule has 4 heterocycles. The van der Waals surface area contributed by atoms with Crippen LogP contribution in [0.5, 0.6) is 5.75 Å². The molecule has 9 nitrogen and oxygen atoms in total. The highest BCUT2D eigenvalue weighted by atomic mass is 32.1. The van der Waals surface area contributed by atoms with Crippen LogP contribution in [-0.2, 0) is 4.74 Å². The standard InChI is InChI=1S/C21H21N7O2S/c1-29-16-8-12(2-3-14(16)22)17-9-15-18(31-17)20(28-4-6-30-7-5-28)27-19(26-15)13-10-24-21(23)25-11-13/h2-3,8-11H,4-7,22H2,1H3,(H2,23,24,25). The van der Waals surface area contributed by atoms with E-state index in [9.17, 15) is 0 Å². The molecule has 0 saturated carbocycles. The summed E-state index contributed by atoms with van der Waals surface area (Å²) in [5, 5.41) is 0. The zero-order valence-electron chi connectivity index (χ0n) is 16.9. The van der Waals surface area contributed by atoms with Crippen LogP contribution in [0.2, 0.25) is 0 Å². The predicted molar refractivity (Wildman–Crippen MR) is 122 cm³/mol. The number of benzene rings is 1. The predicted octanol–water partition coefficient (Wildman–Crippen LogP) is 2.82. The van der Waals surface area contributed by atoms with Crippen molar-refractivity contribution in [1.29, 1.82) is 0 Å². The minimum atomic E-state index is 0.216. The highest BCUT2D eigenvalue weighted by molar-refractivity contribution is 7.22. The van der Waals surface area contributed by atoms with Gasteiger partial charge >= 0.3 is 0 Å². The van der Waals surface area contributed by atoms with Gasteiger partial charge in [0.2, 0.25) is 5.95 Å². The second-order valence-corrected chi connectivity index (χ2v) is 8.13. The Balaban J connectivity index is 1.67. The molecule has 0 atom stereocenters. The summed E-state index contributed by atoms with van der Waals surface area (Å²) in [6.07, 6.45) is 3.29. The van der Waals surface area contributed by atoms with Crippen LogP contribution < -0.4 is 21.1 Å². The summed E-state index contributed by atoms with van der Waals surface area (Å²) in [5.41, 5.74) is 14.8. The fraction of sp³-hybridized carbons (Fsp3) is 0.238. The Labute approximate surface area is 182 Å². The van der Waals surface area contributed by atoms with Gasteiger partial charge in [-0.1, -0.05) is 6.07 Å². The van der Waals surface area contributed by atoms with Crippen molar-refractivity contribution in [3.8, 4) is 27.6 Å². The number of nitrogen functional groups attached to an aromatic ring is 2. The van der Waals surface area contributed by atoms with Crippen LogP contribution in [0.15, 0.2) is 36.7 Å². The van der Waals surface area contributed by atoms with E-state index in [-0.39, 0.29) is 5.95 Å². The first kappa shape index (κ1) is 19.5. The van der Waals surface area contributed by atoms with Crippen LogP contribution >= 0.6 is 11.3 Å². The molecule has 1 aliphatic rings. The third kappa shape index (κ3) is 3.71. The van der Waals surface area contributed by atoms with Gasteiger partial charge in [-0.2, -0.15) is 0 Å². The Kier molecular flexibility index (Phi) is 5.00. The molecular weight excluding hydrogens is 414 g/mol. The molecule has 3 aromatic heterocycles. The zero-order chi connectivity index (χ0) is 21.4. The molecule has 31 heavy (non-hydrogen) atoms. The molecule has 1 saturated heterocycles. The Hall–Kier alpha value is -3.50. The second-order valence-electron chi connectivity index (χ2n) is 7.08. The third-order valence-corrected chi connectivity index (χ3v) is 6.28. The molecule has 158 valence electrons. The third-order valence-electron chi connectivity index (χ3n) is 5.11. The van der Waals surface area contributed by atoms with Crippen LogP contribution in [0, 0.1) is 0 Å². The van der Waals surface area contributed by atoms with Gasteiger partial charge in [0.05, 0.1) is 41.8 Å². The monoisotopic (exact) mass is 435 g/mol. The minimum Gasteiger partial charge on any atom is -0.495 e. The van der Waals surface area contributed by atoms with Gasteiger partial charge in [-0.3, -0.25) is 0 Å². The number of hydrogen-bond donors (Lipinski definition) is 2. The molecule has 0 spiro atoms. The number of nitrogens with two attached hydrogens (primary N) is 2. The summed E-state index contributed by atoms with van der Waals surface area (Å²) in [7, 11) is 1.61. The van der Waals surface area contributed by atoms with E-state index in [0.717, 1.165) is 39.6 Å². The van der Waals surface area contributed by atoms with Crippen LogP contribution in [0.25, 0.3) is 32.0 Å². The molecule has 1 aliphatic heterocycles. The van der Waals surface area contributed by atoms with Crippen LogP contribution in [0.4, 0.5) is 17.5 Å². The van der Waals surface area contributed by atoms with E-state index >= 15 is 0 Å². The van der Waals surface area contributed by atoms with Crippen LogP contribution in [0.1, 0.15) is 0 Å². The van der Waals surface area contributed by atoms with Gasteiger partial charge in [-0.25, -0.2) is 19.9 Å². The topological polar surface area (TPSA) is 125 Å². The molecule has 4 aromatic rings. The molecule has 0 unspecified atom stereocenters. The Morgan fingerprint density at radius 3 is 2.55 bits per heavy atom. The van der Waals surface area contributed by atoms with E-state index in [0.29, 0.717) is 36.0 Å². The van der Waals surface area contributed by atoms with Crippen molar-refractivity contribution < 1.29 is 9.47 Å². The number of ether oxygens (including phenoxy) is 2. The van der Waals surface area contributed by atoms with Crippen molar-refractivity contribution in [2.24, 2.45) is 0 Å². The molecule has 0 bridgehead atoms. The molecular formula is C21H21N7O2S. The fourth-order valence-corrected chi connectivity index (χ4v) is 4.60. The molecule has 4 N–H and O–H groups in total. The first-order valence-corrected chi connectivity index (χ1v) is 10.6. The quantitative estimate of drug-likeness (QED) is 0.465. The fourth-order valence-electron chi connectivity index (χ4n) is 3.49. The first-order chi connectivity index (χ1) is 15.1. The van der Waals surface area contributed by atoms with Crippen molar-refractivity contribution in [3.63, 3.8) is 0 Å². The van der Waals surface area contributed by atoms with Crippen molar-refractivity contribution in [3.05, 3.63) is 36.7 Å². The van der Waals surface area contributed by atoms with E-state index in [4.69, 9.17) is 30.9 Å². The van der Waals surface area contributed by atoms with E-state index < -0.39 is 0 Å². The van der Waals surface area contributed by atoms with Crippen LogP contribution in [0.3, 0.4) is 0 Å². The lowest BCUT2D eigenvalue weighted by Gasteiger charge is -2.28. The Morgan fingerprint density at radius 1 is 1.03 bits per heavy atom. The largest absolute Gasteiger partial charge is 0.495 e. The number of methoxy groups -OCH3 is 1. The van der Waals surface area contributed by atoms with Crippen LogP contribution in [-0.4, -0.2) is 53.3 Å². The Morgan fingerprint density at radius 2 is 1.81 bits per heavy atom. The van der Waals surface area contributed by atoms with Gasteiger partial charge < -0.3 is 25.8 Å². The van der Waals surface area contributed by atoms with Gasteiger partial charge in [0.15, 0.2) is 11.6 Å². The highest BCUT2D eigenvalue weighted by Crippen LogP contribution is 2.40. The molecule has 10 heteroatoms. The number of morpholine rings is 1. The lowest BCUT2D eigenvalue weighted by molar-refractivity contribution is 0.122. The van der Waals surface area contributed by atoms with E-state index in [1.165, 1.54) is 0 Å². The Bertz CT molecular complexity index is 1240. The van der Waals surface area contributed by atoms with Gasteiger partial charge in [0, 0.05) is 30.4 Å². The minimum absolute atomic E-state index is 0.216. The number of thiophene rings is 1. The molecule has 1 fully saturated rings. The average molecular weight is 436 g/mol. The van der Waals surface area contributed by atoms with Crippen molar-refractivity contribution in [2.75, 3.05) is 49.8 Å². The van der Waals surface area contributed by atoms with Gasteiger partial charge in [-0.15, -0.1) is 11.3 Å². The number of nitrogens with zero attached hydrogens (tertiary/aromatic N) is 5. The summed E-state index contributed by atoms with van der Waals surface area (Å²) < 4.78 is 11.9. The molecule has 0 aliphatic carbocycles. The maximum absolute atomic E-state index is 5.99. The number of rotatable bonds is 4. The normalized spacial score (nSPS) is 14.2. The van der Waals surface area contributed by atoms with E-state index in [1.807, 2.05) is 18.2 Å². The second kappa shape index (κ2) is 7.97. The van der Waals surface area contributed by atoms with Crippen molar-refractivity contribution >= 4 is 39.0 Å². The summed E-state index contributed by atoms with van der Waals surface area (Å²) in [4.78, 5) is 21.2. The van der Waals surface area contributed by atoms with Gasteiger partial charge in [-0.05, 0) is 23.8 Å². The zero-order valence-corrected chi connectivity index (χ0v) is 17.7. The average Bonchev–Trinajstić information content (AvgIpc) is 3.24. The first-order valence-electron chi connectivity index (χ1n) is 9.78. The molecule has 0 radical (unpaired) electrons. The highest BCUT2D eigenvalue weighted by Gasteiger charge is 2.21. The van der Waals surface area contributed by atoms with Gasteiger partial charge in [0.1, 0.15) is 5.75 Å². The summed E-state index contributed by atoms with van der Waals surface area (Å²) >= 11 is 1.65. The number of fused-ring (bicyclic) bond motifs is 1.